The number of nitrogens with zero attached hydrogens (tertiary/aromatic N) is 2. The van der Waals surface area contributed by atoms with Gasteiger partial charge in [-0.1, -0.05) is 46.0 Å². The quantitative estimate of drug-likeness (QED) is 0.247. The molecule has 2 heterocycles. The molecule has 0 N–H and O–H groups in total. The molecule has 32 heavy (non-hydrogen) atoms. The lowest BCUT2D eigenvalue weighted by Crippen LogP contribution is -2.34. The van der Waals surface area contributed by atoms with Crippen molar-refractivity contribution in [2.45, 2.75) is 97.1 Å². The van der Waals surface area contributed by atoms with Crippen molar-refractivity contribution in [1.82, 2.24) is 9.97 Å². The van der Waals surface area contributed by atoms with E-state index in [1.54, 1.807) is 26.0 Å². The lowest BCUT2D eigenvalue weighted by atomic mass is 10.1. The first-order valence-corrected chi connectivity index (χ1v) is 11.9. The second-order valence-corrected chi connectivity index (χ2v) is 8.88. The third kappa shape index (κ3) is 6.84. The van der Waals surface area contributed by atoms with Crippen molar-refractivity contribution in [2.75, 3.05) is 0 Å². The van der Waals surface area contributed by atoms with Crippen molar-refractivity contribution < 1.29 is 19.0 Å². The molecule has 1 aliphatic rings. The average Bonchev–Trinajstić information content (AvgIpc) is 3.12. The summed E-state index contributed by atoms with van der Waals surface area (Å²) in [4.78, 5) is 21.6. The van der Waals surface area contributed by atoms with Crippen molar-refractivity contribution in [3.05, 3.63) is 42.2 Å². The molecule has 6 heteroatoms. The number of hydrogen-bond donors (Lipinski definition) is 0. The van der Waals surface area contributed by atoms with Gasteiger partial charge in [-0.2, -0.15) is 0 Å². The molecule has 174 valence electrons. The Hall–Kier alpha value is -2.31. The number of esters is 1. The average molecular weight is 441 g/mol. The highest BCUT2D eigenvalue weighted by atomic mass is 16.8. The highest BCUT2D eigenvalue weighted by Crippen LogP contribution is 2.31. The Labute approximate surface area is 191 Å². The summed E-state index contributed by atoms with van der Waals surface area (Å²) < 4.78 is 17.0. The third-order valence-electron chi connectivity index (χ3n) is 5.67. The summed E-state index contributed by atoms with van der Waals surface area (Å²) in [7, 11) is 0. The van der Waals surface area contributed by atoms with Crippen molar-refractivity contribution in [2.24, 2.45) is 0 Å². The van der Waals surface area contributed by atoms with Crippen molar-refractivity contribution in [3.8, 4) is 17.1 Å². The fourth-order valence-corrected chi connectivity index (χ4v) is 3.92. The number of carbonyl (C=O) groups is 1. The number of unbranched alkanes of at least 4 members (excludes halogenated alkanes) is 5. The smallest absolute Gasteiger partial charge is 0.343 e. The van der Waals surface area contributed by atoms with Crippen LogP contribution in [0.3, 0.4) is 0 Å². The van der Waals surface area contributed by atoms with Gasteiger partial charge in [0.05, 0.1) is 6.10 Å². The van der Waals surface area contributed by atoms with Gasteiger partial charge < -0.3 is 14.2 Å². The fourth-order valence-electron chi connectivity index (χ4n) is 3.92. The molecular formula is C26H36N2O4. The molecule has 1 saturated heterocycles. The van der Waals surface area contributed by atoms with E-state index in [0.717, 1.165) is 12.0 Å². The topological polar surface area (TPSA) is 70.5 Å². The molecule has 0 unspecified atom stereocenters. The third-order valence-corrected chi connectivity index (χ3v) is 5.67. The number of hydrogen-bond acceptors (Lipinski definition) is 6. The van der Waals surface area contributed by atoms with E-state index < -0.39 is 17.9 Å². The summed E-state index contributed by atoms with van der Waals surface area (Å²) in [6.45, 7) is 7.80. The largest absolute Gasteiger partial charge is 0.425 e. The van der Waals surface area contributed by atoms with Gasteiger partial charge in [0.25, 0.3) is 0 Å². The molecular weight excluding hydrogens is 404 g/mol. The van der Waals surface area contributed by atoms with Crippen LogP contribution in [0.2, 0.25) is 0 Å². The monoisotopic (exact) mass is 440 g/mol. The van der Waals surface area contributed by atoms with Crippen LogP contribution in [-0.4, -0.2) is 33.9 Å². The van der Waals surface area contributed by atoms with E-state index in [0.29, 0.717) is 18.0 Å². The van der Waals surface area contributed by atoms with Gasteiger partial charge in [0, 0.05) is 18.0 Å². The lowest BCUT2D eigenvalue weighted by molar-refractivity contribution is -0.163. The molecule has 1 aliphatic heterocycles. The number of aryl methyl sites for hydroxylation is 1. The molecule has 2 aromatic rings. The Morgan fingerprint density at radius 1 is 0.969 bits per heavy atom. The molecule has 1 aromatic heterocycles. The normalized spacial score (nSPS) is 19.8. The van der Waals surface area contributed by atoms with Crippen molar-refractivity contribution >= 4 is 5.97 Å². The fraction of sp³-hybridized carbons (Fsp3) is 0.577. The zero-order chi connectivity index (χ0) is 23.0. The molecule has 0 aliphatic carbocycles. The van der Waals surface area contributed by atoms with Crippen LogP contribution >= 0.6 is 0 Å². The zero-order valence-corrected chi connectivity index (χ0v) is 19.8. The second kappa shape index (κ2) is 11.5. The Bertz CT molecular complexity index is 849. The van der Waals surface area contributed by atoms with Gasteiger partial charge in [0.2, 0.25) is 0 Å². The molecule has 0 spiro atoms. The van der Waals surface area contributed by atoms with Crippen LogP contribution < -0.4 is 4.74 Å². The molecule has 0 amide bonds. The van der Waals surface area contributed by atoms with Crippen LogP contribution in [0.15, 0.2) is 36.7 Å². The van der Waals surface area contributed by atoms with Crippen LogP contribution in [0, 0.1) is 0 Å². The highest BCUT2D eigenvalue weighted by Gasteiger charge is 2.45. The minimum Gasteiger partial charge on any atom is -0.425 e. The van der Waals surface area contributed by atoms with Crippen molar-refractivity contribution in [3.63, 3.8) is 0 Å². The maximum atomic E-state index is 12.6. The molecule has 1 aromatic carbocycles. The number of carbonyl (C=O) groups excluding carboxylic acids is 1. The highest BCUT2D eigenvalue weighted by molar-refractivity contribution is 5.78. The molecule has 6 nitrogen and oxygen atoms in total. The first-order valence-electron chi connectivity index (χ1n) is 11.9. The van der Waals surface area contributed by atoms with Gasteiger partial charge in [-0.25, -0.2) is 14.8 Å². The van der Waals surface area contributed by atoms with Crippen LogP contribution in [0.5, 0.6) is 5.75 Å². The van der Waals surface area contributed by atoms with E-state index in [4.69, 9.17) is 14.2 Å². The van der Waals surface area contributed by atoms with Crippen LogP contribution in [0.4, 0.5) is 0 Å². The Morgan fingerprint density at radius 3 is 2.28 bits per heavy atom. The van der Waals surface area contributed by atoms with E-state index in [1.165, 1.54) is 44.1 Å². The maximum absolute atomic E-state index is 12.6. The molecule has 1 fully saturated rings. The molecule has 0 radical (unpaired) electrons. The molecule has 0 bridgehead atoms. The molecule has 3 rings (SSSR count). The zero-order valence-electron chi connectivity index (χ0n) is 19.8. The lowest BCUT2D eigenvalue weighted by Gasteiger charge is -2.16. The Morgan fingerprint density at radius 2 is 1.62 bits per heavy atom. The maximum Gasteiger partial charge on any atom is 0.343 e. The minimum absolute atomic E-state index is 0.306. The van der Waals surface area contributed by atoms with Gasteiger partial charge in [-0.3, -0.25) is 0 Å². The van der Waals surface area contributed by atoms with Gasteiger partial charge in [0.15, 0.2) is 17.7 Å². The van der Waals surface area contributed by atoms with Crippen LogP contribution in [0.1, 0.15) is 78.2 Å². The van der Waals surface area contributed by atoms with Gasteiger partial charge in [-0.05, 0) is 62.9 Å². The first-order chi connectivity index (χ1) is 15.4. The summed E-state index contributed by atoms with van der Waals surface area (Å²) in [5, 5.41) is 0. The van der Waals surface area contributed by atoms with Crippen LogP contribution in [-0.2, 0) is 20.7 Å². The minimum atomic E-state index is -0.785. The summed E-state index contributed by atoms with van der Waals surface area (Å²) in [6.07, 6.45) is 12.2. The summed E-state index contributed by atoms with van der Waals surface area (Å²) in [5.41, 5.74) is 2.05. The molecule has 0 saturated carbocycles. The van der Waals surface area contributed by atoms with E-state index in [-0.39, 0.29) is 6.10 Å². The van der Waals surface area contributed by atoms with Crippen molar-refractivity contribution in [1.29, 1.82) is 0 Å². The predicted octanol–water partition coefficient (Wildman–Crippen LogP) is 5.88. The SMILES string of the molecule is CCCCCCCCc1cnc(-c2ccc(OC(=O)[C@@H]3OC(C)(C)O[C@@H]3CC)cc2)nc1. The van der Waals surface area contributed by atoms with Crippen LogP contribution in [0.25, 0.3) is 11.4 Å². The van der Waals surface area contributed by atoms with Gasteiger partial charge >= 0.3 is 5.97 Å². The predicted molar refractivity (Wildman–Crippen MR) is 124 cm³/mol. The molecule has 2 atom stereocenters. The number of aromatic nitrogens is 2. The van der Waals surface area contributed by atoms with Gasteiger partial charge in [-0.15, -0.1) is 0 Å². The Balaban J connectivity index is 1.51. The number of ether oxygens (including phenoxy) is 3. The summed E-state index contributed by atoms with van der Waals surface area (Å²) in [6, 6.07) is 7.22. The summed E-state index contributed by atoms with van der Waals surface area (Å²) in [5.74, 6) is -0.103. The summed E-state index contributed by atoms with van der Waals surface area (Å²) >= 11 is 0. The Kier molecular flexibility index (Phi) is 8.76. The van der Waals surface area contributed by atoms with E-state index in [1.807, 2.05) is 31.5 Å². The van der Waals surface area contributed by atoms with Gasteiger partial charge in [0.1, 0.15) is 5.75 Å². The van der Waals surface area contributed by atoms with E-state index >= 15 is 0 Å². The second-order valence-electron chi connectivity index (χ2n) is 8.88. The van der Waals surface area contributed by atoms with E-state index in [2.05, 4.69) is 16.9 Å². The number of rotatable bonds is 11. The number of benzene rings is 1. The standard InChI is InChI=1S/C26H36N2O4/c1-5-7-8-9-10-11-12-19-17-27-24(28-18-19)20-13-15-21(16-14-20)30-25(29)23-22(6-2)31-26(3,4)32-23/h13-18,22-23H,5-12H2,1-4H3/t22-,23-/m1/s1. The first kappa shape index (κ1) is 24.3. The van der Waals surface area contributed by atoms with E-state index in [9.17, 15) is 4.79 Å².